The van der Waals surface area contributed by atoms with Gasteiger partial charge in [-0.1, -0.05) is 12.1 Å². The molecule has 0 radical (unpaired) electrons. The van der Waals surface area contributed by atoms with Crippen molar-refractivity contribution in [1.82, 2.24) is 9.97 Å². The van der Waals surface area contributed by atoms with Crippen molar-refractivity contribution < 1.29 is 9.47 Å². The molecule has 1 heterocycles. The van der Waals surface area contributed by atoms with Crippen LogP contribution in [0.15, 0.2) is 30.3 Å². The molecule has 0 aliphatic heterocycles. The van der Waals surface area contributed by atoms with E-state index in [1.54, 1.807) is 24.1 Å². The molecule has 110 valence electrons. The molecule has 2 aromatic rings. The van der Waals surface area contributed by atoms with E-state index >= 15 is 0 Å². The fourth-order valence-corrected chi connectivity index (χ4v) is 1.85. The second-order valence-corrected chi connectivity index (χ2v) is 4.24. The van der Waals surface area contributed by atoms with Crippen molar-refractivity contribution >= 4 is 17.5 Å². The van der Waals surface area contributed by atoms with Gasteiger partial charge in [0.05, 0.1) is 26.0 Å². The number of ether oxygens (including phenoxy) is 2. The molecular formula is C14H17N5O2. The van der Waals surface area contributed by atoms with Gasteiger partial charge in [0.2, 0.25) is 17.7 Å². The van der Waals surface area contributed by atoms with E-state index < -0.39 is 0 Å². The summed E-state index contributed by atoms with van der Waals surface area (Å²) in [5.41, 5.74) is 6.93. The lowest BCUT2D eigenvalue weighted by Crippen LogP contribution is -2.20. The van der Waals surface area contributed by atoms with E-state index in [9.17, 15) is 0 Å². The molecule has 3 N–H and O–H groups in total. The topological polar surface area (TPSA) is 97.4 Å². The molecule has 0 unspecified atom stereocenters. The Hall–Kier alpha value is -2.83. The van der Waals surface area contributed by atoms with Crippen LogP contribution < -0.4 is 20.1 Å². The molecule has 0 spiro atoms. The number of nitrogens with two attached hydrogens (primary N) is 1. The Morgan fingerprint density at radius 1 is 1.14 bits per heavy atom. The summed E-state index contributed by atoms with van der Waals surface area (Å²) < 4.78 is 10.3. The van der Waals surface area contributed by atoms with E-state index in [0.29, 0.717) is 23.3 Å². The molecule has 0 fully saturated rings. The van der Waals surface area contributed by atoms with E-state index in [1.807, 2.05) is 18.2 Å². The highest BCUT2D eigenvalue weighted by Crippen LogP contribution is 2.27. The SMILES string of the molecule is COc1cc(OC)nc(N(C)c2ccccc2C(=N)N)n1. The van der Waals surface area contributed by atoms with Crippen molar-refractivity contribution in [3.05, 3.63) is 35.9 Å². The van der Waals surface area contributed by atoms with E-state index in [-0.39, 0.29) is 5.84 Å². The summed E-state index contributed by atoms with van der Waals surface area (Å²) in [7, 11) is 4.83. The third-order valence-corrected chi connectivity index (χ3v) is 2.94. The normalized spacial score (nSPS) is 10.0. The summed E-state index contributed by atoms with van der Waals surface area (Å²) in [6, 6.07) is 8.88. The summed E-state index contributed by atoms with van der Waals surface area (Å²) in [6.07, 6.45) is 0. The Bertz CT molecular complexity index is 637. The molecule has 0 saturated carbocycles. The third kappa shape index (κ3) is 3.02. The zero-order valence-corrected chi connectivity index (χ0v) is 12.1. The van der Waals surface area contributed by atoms with Crippen LogP contribution in [0.5, 0.6) is 11.8 Å². The molecule has 7 heteroatoms. The first-order valence-electron chi connectivity index (χ1n) is 6.21. The van der Waals surface area contributed by atoms with Gasteiger partial charge in [-0.3, -0.25) is 5.41 Å². The Morgan fingerprint density at radius 2 is 1.71 bits per heavy atom. The monoisotopic (exact) mass is 287 g/mol. The maximum Gasteiger partial charge on any atom is 0.236 e. The number of methoxy groups -OCH3 is 2. The Kier molecular flexibility index (Phi) is 4.22. The van der Waals surface area contributed by atoms with Gasteiger partial charge < -0.3 is 20.1 Å². The highest BCUT2D eigenvalue weighted by Gasteiger charge is 2.15. The summed E-state index contributed by atoms with van der Waals surface area (Å²) in [4.78, 5) is 10.3. The molecule has 7 nitrogen and oxygen atoms in total. The highest BCUT2D eigenvalue weighted by molar-refractivity contribution is 6.01. The van der Waals surface area contributed by atoms with Crippen molar-refractivity contribution in [2.24, 2.45) is 5.73 Å². The van der Waals surface area contributed by atoms with Crippen molar-refractivity contribution in [3.63, 3.8) is 0 Å². The van der Waals surface area contributed by atoms with E-state index in [1.165, 1.54) is 14.2 Å². The summed E-state index contributed by atoms with van der Waals surface area (Å²) in [6.45, 7) is 0. The van der Waals surface area contributed by atoms with Crippen molar-refractivity contribution in [1.29, 1.82) is 5.41 Å². The molecule has 0 atom stereocenters. The van der Waals surface area contributed by atoms with Crippen LogP contribution >= 0.6 is 0 Å². The second-order valence-electron chi connectivity index (χ2n) is 4.24. The Labute approximate surface area is 122 Å². The lowest BCUT2D eigenvalue weighted by atomic mass is 10.1. The number of benzene rings is 1. The number of nitrogens with zero attached hydrogens (tertiary/aromatic N) is 3. The lowest BCUT2D eigenvalue weighted by molar-refractivity contribution is 0.372. The number of amidine groups is 1. The number of rotatable bonds is 5. The maximum absolute atomic E-state index is 7.65. The molecule has 0 aliphatic rings. The number of hydrogen-bond donors (Lipinski definition) is 2. The molecule has 0 aliphatic carbocycles. The minimum Gasteiger partial charge on any atom is -0.481 e. The van der Waals surface area contributed by atoms with Crippen LogP contribution in [0.4, 0.5) is 11.6 Å². The quantitative estimate of drug-likeness (QED) is 0.639. The van der Waals surface area contributed by atoms with Crippen LogP contribution in [0, 0.1) is 5.41 Å². The summed E-state index contributed by atoms with van der Waals surface area (Å²) >= 11 is 0. The summed E-state index contributed by atoms with van der Waals surface area (Å²) in [5.74, 6) is 1.15. The van der Waals surface area contributed by atoms with Crippen LogP contribution in [-0.4, -0.2) is 37.1 Å². The number of anilines is 2. The molecule has 21 heavy (non-hydrogen) atoms. The highest BCUT2D eigenvalue weighted by atomic mass is 16.5. The molecule has 2 rings (SSSR count). The molecule has 1 aromatic carbocycles. The van der Waals surface area contributed by atoms with Crippen molar-refractivity contribution in [3.8, 4) is 11.8 Å². The first-order chi connectivity index (χ1) is 10.1. The fraction of sp³-hybridized carbons (Fsp3) is 0.214. The van der Waals surface area contributed by atoms with Gasteiger partial charge in [-0.25, -0.2) is 0 Å². The second kappa shape index (κ2) is 6.08. The largest absolute Gasteiger partial charge is 0.481 e. The number of aromatic nitrogens is 2. The van der Waals surface area contributed by atoms with Crippen LogP contribution in [0.3, 0.4) is 0 Å². The minimum absolute atomic E-state index is 0.0210. The van der Waals surface area contributed by atoms with Gasteiger partial charge in [0.15, 0.2) is 0 Å². The number of hydrogen-bond acceptors (Lipinski definition) is 6. The number of para-hydroxylation sites is 1. The fourth-order valence-electron chi connectivity index (χ4n) is 1.85. The zero-order valence-electron chi connectivity index (χ0n) is 12.1. The van der Waals surface area contributed by atoms with Crippen molar-refractivity contribution in [2.45, 2.75) is 0 Å². The predicted octanol–water partition coefficient (Wildman–Crippen LogP) is 1.55. The Morgan fingerprint density at radius 3 is 2.24 bits per heavy atom. The zero-order chi connectivity index (χ0) is 15.4. The van der Waals surface area contributed by atoms with Gasteiger partial charge in [0, 0.05) is 12.6 Å². The third-order valence-electron chi connectivity index (χ3n) is 2.94. The molecule has 0 saturated heterocycles. The number of nitrogen functional groups attached to an aromatic ring is 1. The van der Waals surface area contributed by atoms with E-state index in [2.05, 4.69) is 9.97 Å². The van der Waals surface area contributed by atoms with Crippen LogP contribution in [0.1, 0.15) is 5.56 Å². The average Bonchev–Trinajstić information content (AvgIpc) is 2.53. The first kappa shape index (κ1) is 14.6. The molecule has 1 aromatic heterocycles. The first-order valence-corrected chi connectivity index (χ1v) is 6.21. The van der Waals surface area contributed by atoms with Crippen LogP contribution in [0.25, 0.3) is 0 Å². The predicted molar refractivity (Wildman–Crippen MR) is 80.7 cm³/mol. The molecule has 0 amide bonds. The van der Waals surface area contributed by atoms with Gasteiger partial charge in [-0.05, 0) is 12.1 Å². The van der Waals surface area contributed by atoms with E-state index in [4.69, 9.17) is 20.6 Å². The maximum atomic E-state index is 7.65. The van der Waals surface area contributed by atoms with Gasteiger partial charge in [0.1, 0.15) is 5.84 Å². The van der Waals surface area contributed by atoms with Crippen LogP contribution in [0.2, 0.25) is 0 Å². The van der Waals surface area contributed by atoms with Gasteiger partial charge >= 0.3 is 0 Å². The van der Waals surface area contributed by atoms with Crippen LogP contribution in [-0.2, 0) is 0 Å². The van der Waals surface area contributed by atoms with E-state index in [0.717, 1.165) is 5.69 Å². The smallest absolute Gasteiger partial charge is 0.236 e. The molecule has 0 bridgehead atoms. The standard InChI is InChI=1S/C14H17N5O2/c1-19(10-7-5-4-6-9(10)13(15)16)14-17-11(20-2)8-12(18-14)21-3/h4-8H,1-3H3,(H3,15,16). The van der Waals surface area contributed by atoms with Gasteiger partial charge in [-0.15, -0.1) is 0 Å². The van der Waals surface area contributed by atoms with Gasteiger partial charge in [0.25, 0.3) is 0 Å². The van der Waals surface area contributed by atoms with Crippen molar-refractivity contribution in [2.75, 3.05) is 26.2 Å². The minimum atomic E-state index is -0.0210. The average molecular weight is 287 g/mol. The molecular weight excluding hydrogens is 270 g/mol. The lowest BCUT2D eigenvalue weighted by Gasteiger charge is -2.20. The summed E-state index contributed by atoms with van der Waals surface area (Å²) in [5, 5.41) is 7.65. The number of nitrogens with one attached hydrogen (secondary N) is 1. The van der Waals surface area contributed by atoms with Gasteiger partial charge in [-0.2, -0.15) is 9.97 Å². The Balaban J connectivity index is 2.49.